The molecule has 2 amide bonds. The van der Waals surface area contributed by atoms with E-state index in [4.69, 9.17) is 0 Å². The second-order valence-electron chi connectivity index (χ2n) is 5.62. The topological polar surface area (TPSA) is 76.0 Å². The average molecular weight is 334 g/mol. The molecule has 0 aliphatic carbocycles. The average Bonchev–Trinajstić information content (AvgIpc) is 3.08. The third-order valence-electron chi connectivity index (χ3n) is 3.53. The van der Waals surface area contributed by atoms with Crippen LogP contribution in [-0.2, 0) is 11.3 Å². The van der Waals surface area contributed by atoms with Crippen molar-refractivity contribution in [1.82, 2.24) is 9.78 Å². The summed E-state index contributed by atoms with van der Waals surface area (Å²) in [7, 11) is 0. The summed E-state index contributed by atoms with van der Waals surface area (Å²) in [6.07, 6.45) is 3.62. The number of carbonyl (C=O) groups excluding carboxylic acids is 2. The number of aromatic nitrogens is 2. The summed E-state index contributed by atoms with van der Waals surface area (Å²) < 4.78 is 1.82. The van der Waals surface area contributed by atoms with E-state index in [-0.39, 0.29) is 11.8 Å². The molecule has 126 valence electrons. The van der Waals surface area contributed by atoms with E-state index in [9.17, 15) is 9.59 Å². The Morgan fingerprint density at radius 2 is 1.76 bits per heavy atom. The number of nitrogens with one attached hydrogen (secondary N) is 2. The second-order valence-corrected chi connectivity index (χ2v) is 5.62. The summed E-state index contributed by atoms with van der Waals surface area (Å²) in [5, 5.41) is 9.72. The third kappa shape index (κ3) is 4.54. The van der Waals surface area contributed by atoms with Crippen LogP contribution in [0.2, 0.25) is 0 Å². The lowest BCUT2D eigenvalue weighted by molar-refractivity contribution is -0.114. The van der Waals surface area contributed by atoms with E-state index >= 15 is 0 Å². The van der Waals surface area contributed by atoms with Gasteiger partial charge in [0.1, 0.15) is 0 Å². The lowest BCUT2D eigenvalue weighted by Gasteiger charge is -2.09. The van der Waals surface area contributed by atoms with Crippen LogP contribution >= 0.6 is 0 Å². The molecule has 0 radical (unpaired) electrons. The van der Waals surface area contributed by atoms with E-state index in [0.29, 0.717) is 23.5 Å². The minimum atomic E-state index is -0.233. The molecule has 25 heavy (non-hydrogen) atoms. The van der Waals surface area contributed by atoms with Gasteiger partial charge in [-0.05, 0) is 42.0 Å². The van der Waals surface area contributed by atoms with Gasteiger partial charge >= 0.3 is 0 Å². The highest BCUT2D eigenvalue weighted by Crippen LogP contribution is 2.15. The fourth-order valence-corrected chi connectivity index (χ4v) is 2.47. The lowest BCUT2D eigenvalue weighted by Crippen LogP contribution is -2.13. The van der Waals surface area contributed by atoms with Gasteiger partial charge in [-0.1, -0.05) is 18.2 Å². The predicted octanol–water partition coefficient (Wildman–Crippen LogP) is 3.14. The monoisotopic (exact) mass is 334 g/mol. The number of hydrogen-bond donors (Lipinski definition) is 2. The third-order valence-corrected chi connectivity index (χ3v) is 3.53. The predicted molar refractivity (Wildman–Crippen MR) is 96.5 cm³/mol. The van der Waals surface area contributed by atoms with Crippen molar-refractivity contribution < 1.29 is 9.59 Å². The van der Waals surface area contributed by atoms with Crippen molar-refractivity contribution in [3.63, 3.8) is 0 Å². The number of benzene rings is 2. The van der Waals surface area contributed by atoms with Crippen molar-refractivity contribution >= 4 is 23.2 Å². The number of amides is 2. The van der Waals surface area contributed by atoms with Gasteiger partial charge in [0.2, 0.25) is 5.91 Å². The first-order chi connectivity index (χ1) is 12.1. The highest BCUT2D eigenvalue weighted by molar-refractivity contribution is 6.05. The first kappa shape index (κ1) is 16.4. The SMILES string of the molecule is CC(=O)Nc1cccc(C(=O)Nc2cccc(Cn3cccn3)c2)c1. The van der Waals surface area contributed by atoms with Crippen molar-refractivity contribution in [3.05, 3.63) is 78.1 Å². The maximum absolute atomic E-state index is 12.4. The quantitative estimate of drug-likeness (QED) is 0.752. The van der Waals surface area contributed by atoms with E-state index in [1.54, 1.807) is 30.5 Å². The molecule has 0 fully saturated rings. The molecule has 0 saturated heterocycles. The Balaban J connectivity index is 1.71. The molecule has 2 N–H and O–H groups in total. The Bertz CT molecular complexity index is 888. The van der Waals surface area contributed by atoms with Crippen LogP contribution in [0.5, 0.6) is 0 Å². The van der Waals surface area contributed by atoms with Crippen LogP contribution in [0.3, 0.4) is 0 Å². The molecule has 1 heterocycles. The molecule has 0 aliphatic heterocycles. The van der Waals surface area contributed by atoms with Gasteiger partial charge in [-0.2, -0.15) is 5.10 Å². The number of hydrogen-bond acceptors (Lipinski definition) is 3. The molecule has 3 aromatic rings. The van der Waals surface area contributed by atoms with Crippen molar-refractivity contribution in [2.45, 2.75) is 13.5 Å². The van der Waals surface area contributed by atoms with Gasteiger partial charge in [-0.25, -0.2) is 0 Å². The van der Waals surface area contributed by atoms with E-state index in [1.807, 2.05) is 41.2 Å². The molecule has 1 aromatic heterocycles. The van der Waals surface area contributed by atoms with E-state index in [2.05, 4.69) is 15.7 Å². The molecule has 6 nitrogen and oxygen atoms in total. The van der Waals surface area contributed by atoms with Gasteiger partial charge in [-0.3, -0.25) is 14.3 Å². The van der Waals surface area contributed by atoms with Crippen molar-refractivity contribution in [2.75, 3.05) is 10.6 Å². The highest BCUT2D eigenvalue weighted by Gasteiger charge is 2.08. The Morgan fingerprint density at radius 1 is 1.00 bits per heavy atom. The van der Waals surface area contributed by atoms with Crippen LogP contribution in [0, 0.1) is 0 Å². The highest BCUT2D eigenvalue weighted by atomic mass is 16.2. The van der Waals surface area contributed by atoms with Gasteiger partial charge in [0.25, 0.3) is 5.91 Å². The standard InChI is InChI=1S/C19H18N4O2/c1-14(24)21-18-8-3-6-16(12-18)19(25)22-17-7-2-5-15(11-17)13-23-10-4-9-20-23/h2-12H,13H2,1H3,(H,21,24)(H,22,25). The largest absolute Gasteiger partial charge is 0.326 e. The first-order valence-corrected chi connectivity index (χ1v) is 7.85. The van der Waals surface area contributed by atoms with E-state index in [0.717, 1.165) is 5.56 Å². The molecule has 0 spiro atoms. The van der Waals surface area contributed by atoms with Gasteiger partial charge in [0, 0.05) is 36.3 Å². The first-order valence-electron chi connectivity index (χ1n) is 7.85. The molecular weight excluding hydrogens is 316 g/mol. The summed E-state index contributed by atoms with van der Waals surface area (Å²) in [6.45, 7) is 2.06. The van der Waals surface area contributed by atoms with Gasteiger partial charge in [0.05, 0.1) is 6.54 Å². The van der Waals surface area contributed by atoms with Gasteiger partial charge < -0.3 is 10.6 Å². The Labute approximate surface area is 145 Å². The molecule has 3 rings (SSSR count). The van der Waals surface area contributed by atoms with Crippen molar-refractivity contribution in [2.24, 2.45) is 0 Å². The molecule has 2 aromatic carbocycles. The number of rotatable bonds is 5. The zero-order valence-corrected chi connectivity index (χ0v) is 13.8. The van der Waals surface area contributed by atoms with Crippen LogP contribution in [0.15, 0.2) is 67.0 Å². The molecule has 0 saturated carbocycles. The maximum atomic E-state index is 12.4. The van der Waals surface area contributed by atoms with Crippen LogP contribution in [0.4, 0.5) is 11.4 Å². The molecule has 0 aliphatic rings. The molecule has 0 atom stereocenters. The van der Waals surface area contributed by atoms with E-state index < -0.39 is 0 Å². The Hall–Kier alpha value is -3.41. The second kappa shape index (κ2) is 7.44. The number of nitrogens with zero attached hydrogens (tertiary/aromatic N) is 2. The number of carbonyl (C=O) groups is 2. The van der Waals surface area contributed by atoms with E-state index in [1.165, 1.54) is 6.92 Å². The summed E-state index contributed by atoms with van der Waals surface area (Å²) >= 11 is 0. The normalized spacial score (nSPS) is 10.3. The molecule has 6 heteroatoms. The van der Waals surface area contributed by atoms with Gasteiger partial charge in [-0.15, -0.1) is 0 Å². The zero-order chi connectivity index (χ0) is 17.6. The summed E-state index contributed by atoms with van der Waals surface area (Å²) in [6, 6.07) is 16.3. The number of anilines is 2. The molecular formula is C19H18N4O2. The zero-order valence-electron chi connectivity index (χ0n) is 13.8. The lowest BCUT2D eigenvalue weighted by atomic mass is 10.1. The van der Waals surface area contributed by atoms with Crippen LogP contribution in [0.25, 0.3) is 0 Å². The Kier molecular flexibility index (Phi) is 4.89. The maximum Gasteiger partial charge on any atom is 0.255 e. The minimum Gasteiger partial charge on any atom is -0.326 e. The fraction of sp³-hybridized carbons (Fsp3) is 0.105. The van der Waals surface area contributed by atoms with Gasteiger partial charge in [0.15, 0.2) is 0 Å². The summed E-state index contributed by atoms with van der Waals surface area (Å²) in [4.78, 5) is 23.6. The summed E-state index contributed by atoms with van der Waals surface area (Å²) in [5.74, 6) is -0.410. The van der Waals surface area contributed by atoms with Crippen LogP contribution in [0.1, 0.15) is 22.8 Å². The fourth-order valence-electron chi connectivity index (χ4n) is 2.47. The van der Waals surface area contributed by atoms with Crippen molar-refractivity contribution in [3.8, 4) is 0 Å². The Morgan fingerprint density at radius 3 is 2.48 bits per heavy atom. The minimum absolute atomic E-state index is 0.177. The van der Waals surface area contributed by atoms with Crippen molar-refractivity contribution in [1.29, 1.82) is 0 Å². The molecule has 0 unspecified atom stereocenters. The smallest absolute Gasteiger partial charge is 0.255 e. The molecule has 0 bridgehead atoms. The van der Waals surface area contributed by atoms with Crippen LogP contribution < -0.4 is 10.6 Å². The van der Waals surface area contributed by atoms with Crippen LogP contribution in [-0.4, -0.2) is 21.6 Å². The summed E-state index contributed by atoms with van der Waals surface area (Å²) in [5.41, 5.74) is 2.81.